The molecule has 0 aromatic rings. The molecule has 0 radical (unpaired) electrons. The third-order valence-corrected chi connectivity index (χ3v) is 7.23. The summed E-state index contributed by atoms with van der Waals surface area (Å²) in [5.74, 6) is 0. The van der Waals surface area contributed by atoms with Gasteiger partial charge < -0.3 is 48.9 Å². The molecular formula is C9H28N3O15P5Th. The molecule has 33 heavy (non-hydrogen) atoms. The third-order valence-electron chi connectivity index (χ3n) is 3.39. The molecule has 0 spiro atoms. The molecule has 0 rings (SSSR count). The zero-order chi connectivity index (χ0) is 25.6. The molecule has 18 nitrogen and oxygen atoms in total. The van der Waals surface area contributed by atoms with Crippen molar-refractivity contribution in [2.75, 3.05) is 57.6 Å². The Hall–Kier alpha value is 1.95. The van der Waals surface area contributed by atoms with Crippen molar-refractivity contribution in [2.24, 2.45) is 0 Å². The monoisotopic (exact) mass is 805 g/mol. The second kappa shape index (κ2) is 14.8. The van der Waals surface area contributed by atoms with Gasteiger partial charge in [0.25, 0.3) is 0 Å². The van der Waals surface area contributed by atoms with Crippen LogP contribution in [-0.4, -0.2) is 121 Å². The summed E-state index contributed by atoms with van der Waals surface area (Å²) in [7, 11) is -23.8. The van der Waals surface area contributed by atoms with Crippen LogP contribution in [0.15, 0.2) is 0 Å². The summed E-state index contributed by atoms with van der Waals surface area (Å²) in [6, 6.07) is 0. The summed E-state index contributed by atoms with van der Waals surface area (Å²) in [6.07, 6.45) is -5.21. The van der Waals surface area contributed by atoms with E-state index in [0.717, 1.165) is 4.90 Å². The largest absolute Gasteiger partial charge is 0.339 e. The van der Waals surface area contributed by atoms with E-state index >= 15 is 0 Å². The topological polar surface area (TPSA) is 297 Å². The van der Waals surface area contributed by atoms with Gasteiger partial charge in [0.05, 0.1) is 0 Å². The predicted octanol–water partition coefficient (Wildman–Crippen LogP) is -2.43. The maximum Gasteiger partial charge on any atom is 0.339 e. The molecule has 0 aromatic carbocycles. The van der Waals surface area contributed by atoms with Crippen LogP contribution in [0.5, 0.6) is 0 Å². The first-order valence-electron chi connectivity index (χ1n) is 8.34. The second-order valence-corrected chi connectivity index (χ2v) is 15.0. The van der Waals surface area contributed by atoms with E-state index in [-0.39, 0.29) is 39.9 Å². The Bertz CT molecular complexity index is 727. The fourth-order valence-electron chi connectivity index (χ4n) is 2.49. The first kappa shape index (κ1) is 37.1. The quantitative estimate of drug-likeness (QED) is 0.0726. The third kappa shape index (κ3) is 25.4. The van der Waals surface area contributed by atoms with Crippen molar-refractivity contribution in [2.45, 2.75) is 0 Å². The molecule has 198 valence electrons. The van der Waals surface area contributed by atoms with E-state index in [1.54, 1.807) is 0 Å². The first-order valence-corrected chi connectivity index (χ1v) is 17.3. The zero-order valence-electron chi connectivity index (χ0n) is 17.0. The van der Waals surface area contributed by atoms with Gasteiger partial charge in [-0.3, -0.25) is 37.5 Å². The summed E-state index contributed by atoms with van der Waals surface area (Å²) in [5, 5.41) is 0. The van der Waals surface area contributed by atoms with Gasteiger partial charge in [-0.15, -0.1) is 0 Å². The van der Waals surface area contributed by atoms with E-state index in [9.17, 15) is 32.6 Å². The van der Waals surface area contributed by atoms with Crippen LogP contribution >= 0.6 is 38.0 Å². The molecule has 0 aliphatic rings. The average Bonchev–Trinajstić information content (AvgIpc) is 2.41. The van der Waals surface area contributed by atoms with E-state index in [1.807, 2.05) is 0 Å². The Kier molecular flexibility index (Phi) is 16.6. The van der Waals surface area contributed by atoms with E-state index in [0.29, 0.717) is 9.80 Å². The molecule has 0 atom stereocenters. The first-order chi connectivity index (χ1) is 13.9. The number of hydrogen-bond acceptors (Lipinski definition) is 8. The van der Waals surface area contributed by atoms with Gasteiger partial charge in [0.15, 0.2) is 0 Å². The van der Waals surface area contributed by atoms with Gasteiger partial charge in [-0.1, -0.05) is 0 Å². The molecule has 0 heterocycles. The number of rotatable bonds is 16. The van der Waals surface area contributed by atoms with E-state index < -0.39 is 95.6 Å². The van der Waals surface area contributed by atoms with Crippen LogP contribution in [0.1, 0.15) is 0 Å². The predicted molar refractivity (Wildman–Crippen MR) is 110 cm³/mol. The van der Waals surface area contributed by atoms with Crippen LogP contribution in [0.25, 0.3) is 0 Å². The second-order valence-electron chi connectivity index (χ2n) is 6.94. The molecular weight excluding hydrogens is 777 g/mol. The van der Waals surface area contributed by atoms with Crippen LogP contribution in [0.3, 0.4) is 0 Å². The van der Waals surface area contributed by atoms with Crippen LogP contribution in [0, 0.1) is 39.9 Å². The molecule has 0 unspecified atom stereocenters. The molecule has 0 aromatic heterocycles. The minimum absolute atomic E-state index is 0. The van der Waals surface area contributed by atoms with E-state index in [4.69, 9.17) is 39.1 Å². The molecule has 24 heteroatoms. The maximum absolute atomic E-state index is 11.4. The van der Waals surface area contributed by atoms with E-state index in [2.05, 4.69) is 0 Å². The maximum atomic E-state index is 11.4. The van der Waals surface area contributed by atoms with Gasteiger partial charge in [0, 0.05) is 66.1 Å². The Morgan fingerprint density at radius 1 is 0.364 bits per heavy atom. The summed E-state index contributed by atoms with van der Waals surface area (Å²) in [5.41, 5.74) is 0. The Labute approximate surface area is 220 Å². The van der Waals surface area contributed by atoms with Crippen LogP contribution < -0.4 is 0 Å². The fraction of sp³-hybridized carbons (Fsp3) is 1.00. The standard InChI is InChI=1S/C9H28N3O15P5.Th/c13-28(14,15)5-10(1-3-11(6-29(16,17)18)7-30(19,20)21)2-4-12(8-31(22,23)24)9-32(25,26)27;/h1-9H2,(H2,13,14,15)(H2,16,17,18)(H2,19,20,21)(H2,22,23,24)(H2,25,26,27);. The van der Waals surface area contributed by atoms with Crippen LogP contribution in [0.4, 0.5) is 0 Å². The van der Waals surface area contributed by atoms with Gasteiger partial charge in [-0.25, -0.2) is 0 Å². The molecule has 0 fully saturated rings. The molecule has 0 aliphatic carbocycles. The van der Waals surface area contributed by atoms with E-state index in [1.165, 1.54) is 0 Å². The van der Waals surface area contributed by atoms with Gasteiger partial charge in [0.1, 0.15) is 31.4 Å². The van der Waals surface area contributed by atoms with Crippen molar-refractivity contribution < 1.29 is 112 Å². The average molecular weight is 805 g/mol. The fourth-order valence-corrected chi connectivity index (χ4v) is 6.66. The van der Waals surface area contributed by atoms with Gasteiger partial charge in [0.2, 0.25) is 0 Å². The van der Waals surface area contributed by atoms with Crippen molar-refractivity contribution in [1.82, 2.24) is 14.7 Å². The molecule has 0 saturated heterocycles. The molecule has 0 saturated carbocycles. The Balaban J connectivity index is 0. The van der Waals surface area contributed by atoms with Gasteiger partial charge >= 0.3 is 38.0 Å². The smallest absolute Gasteiger partial charge is 0.324 e. The zero-order valence-corrected chi connectivity index (χ0v) is 25.5. The van der Waals surface area contributed by atoms with Crippen molar-refractivity contribution in [1.29, 1.82) is 0 Å². The minimum Gasteiger partial charge on any atom is -0.324 e. The van der Waals surface area contributed by atoms with Gasteiger partial charge in [-0.05, 0) is 0 Å². The van der Waals surface area contributed by atoms with Crippen molar-refractivity contribution in [3.8, 4) is 0 Å². The Morgan fingerprint density at radius 2 is 0.515 bits per heavy atom. The van der Waals surface area contributed by atoms with Crippen molar-refractivity contribution >= 4 is 38.0 Å². The van der Waals surface area contributed by atoms with Crippen molar-refractivity contribution in [3.63, 3.8) is 0 Å². The van der Waals surface area contributed by atoms with Crippen LogP contribution in [-0.2, 0) is 22.8 Å². The van der Waals surface area contributed by atoms with Crippen LogP contribution in [0.2, 0.25) is 0 Å². The summed E-state index contributed by atoms with van der Waals surface area (Å²) in [6.45, 7) is -1.78. The SMILES string of the molecule is O=P(O)(O)CN(CCN(CP(=O)(O)O)CP(=O)(O)O)CCN(CP(=O)(O)O)CP(=O)(O)O.[Th]. The molecule has 10 N–H and O–H groups in total. The minimum atomic E-state index is -4.76. The number of hydrogen-bond donors (Lipinski definition) is 10. The molecule has 0 aliphatic heterocycles. The van der Waals surface area contributed by atoms with Gasteiger partial charge in [-0.2, -0.15) is 0 Å². The summed E-state index contributed by atoms with van der Waals surface area (Å²) in [4.78, 5) is 93.2. The normalized spacial score (nSPS) is 14.2. The Morgan fingerprint density at radius 3 is 0.697 bits per heavy atom. The van der Waals surface area contributed by atoms with Crippen molar-refractivity contribution in [3.05, 3.63) is 0 Å². The summed E-state index contributed by atoms with van der Waals surface area (Å²) < 4.78 is 56.1. The molecule has 0 bridgehead atoms. The molecule has 0 amide bonds. The number of nitrogens with zero attached hydrogens (tertiary/aromatic N) is 3. The summed E-state index contributed by atoms with van der Waals surface area (Å²) >= 11 is 0.